The van der Waals surface area contributed by atoms with E-state index in [2.05, 4.69) is 16.6 Å². The van der Waals surface area contributed by atoms with Crippen LogP contribution < -0.4 is 15.4 Å². The van der Waals surface area contributed by atoms with Crippen LogP contribution in [0.15, 0.2) is 18.2 Å². The topological polar surface area (TPSA) is 50.4 Å². The minimum absolute atomic E-state index is 0.310. The lowest BCUT2D eigenvalue weighted by Crippen LogP contribution is -2.22. The molecule has 0 aromatic heterocycles. The molecule has 4 nitrogen and oxygen atoms in total. The molecular weight excluding hydrogens is 228 g/mol. The van der Waals surface area contributed by atoms with E-state index in [9.17, 15) is 4.79 Å². The molecule has 94 valence electrons. The van der Waals surface area contributed by atoms with Crippen molar-refractivity contribution in [2.24, 2.45) is 0 Å². The number of ether oxygens (including phenoxy) is 1. The van der Waals surface area contributed by atoms with Crippen LogP contribution in [-0.4, -0.2) is 19.7 Å². The van der Waals surface area contributed by atoms with Gasteiger partial charge in [-0.25, -0.2) is 4.79 Å². The molecule has 1 atom stereocenters. The number of amides is 1. The minimum atomic E-state index is -0.449. The number of terminal acetylenes is 1. The Hall–Kier alpha value is -1.99. The molecule has 0 heterocycles. The number of aryl methyl sites for hydroxylation is 1. The second kappa shape index (κ2) is 5.56. The summed E-state index contributed by atoms with van der Waals surface area (Å²) in [6.07, 6.45) is 6.80. The van der Waals surface area contributed by atoms with E-state index in [1.807, 2.05) is 18.2 Å². The van der Waals surface area contributed by atoms with Crippen LogP contribution in [0.5, 0.6) is 5.75 Å². The molecular formula is C14H16N2O2. The van der Waals surface area contributed by atoms with Crippen molar-refractivity contribution in [1.29, 1.82) is 0 Å². The summed E-state index contributed by atoms with van der Waals surface area (Å²) in [7, 11) is 1.54. The summed E-state index contributed by atoms with van der Waals surface area (Å²) in [5.41, 5.74) is 2.46. The summed E-state index contributed by atoms with van der Waals surface area (Å²) >= 11 is 0. The van der Waals surface area contributed by atoms with Crippen molar-refractivity contribution in [2.45, 2.75) is 18.9 Å². The Morgan fingerprint density at radius 3 is 3.17 bits per heavy atom. The lowest BCUT2D eigenvalue weighted by molar-refractivity contribution is 0.203. The van der Waals surface area contributed by atoms with Crippen molar-refractivity contribution in [3.8, 4) is 18.1 Å². The molecule has 0 radical (unpaired) electrons. The van der Waals surface area contributed by atoms with Crippen LogP contribution >= 0.6 is 0 Å². The molecule has 18 heavy (non-hydrogen) atoms. The fourth-order valence-electron chi connectivity index (χ4n) is 2.21. The van der Waals surface area contributed by atoms with Crippen LogP contribution in [0.4, 0.5) is 4.79 Å². The molecule has 1 unspecified atom stereocenters. The van der Waals surface area contributed by atoms with Gasteiger partial charge in [0.2, 0.25) is 0 Å². The van der Waals surface area contributed by atoms with Gasteiger partial charge >= 0.3 is 6.09 Å². The predicted octanol–water partition coefficient (Wildman–Crippen LogP) is 1.61. The molecule has 2 rings (SSSR count). The predicted molar refractivity (Wildman–Crippen MR) is 69.4 cm³/mol. The summed E-state index contributed by atoms with van der Waals surface area (Å²) in [6, 6.07) is 6.03. The molecule has 4 heteroatoms. The number of fused-ring (bicyclic) bond motifs is 1. The van der Waals surface area contributed by atoms with Crippen molar-refractivity contribution < 1.29 is 9.53 Å². The van der Waals surface area contributed by atoms with Gasteiger partial charge in [0.1, 0.15) is 5.75 Å². The van der Waals surface area contributed by atoms with Crippen molar-refractivity contribution in [3.05, 3.63) is 29.3 Å². The van der Waals surface area contributed by atoms with Gasteiger partial charge in [-0.15, -0.1) is 6.42 Å². The Morgan fingerprint density at radius 1 is 1.61 bits per heavy atom. The summed E-state index contributed by atoms with van der Waals surface area (Å²) < 4.78 is 5.10. The highest BCUT2D eigenvalue weighted by Crippen LogP contribution is 2.33. The van der Waals surface area contributed by atoms with Crippen LogP contribution in [0.3, 0.4) is 0 Å². The third-order valence-corrected chi connectivity index (χ3v) is 3.06. The monoisotopic (exact) mass is 244 g/mol. The van der Waals surface area contributed by atoms with Gasteiger partial charge in [0.05, 0.1) is 6.54 Å². The molecule has 1 aromatic rings. The smallest absolute Gasteiger partial charge is 0.410 e. The molecule has 0 saturated heterocycles. The van der Waals surface area contributed by atoms with E-state index in [4.69, 9.17) is 11.2 Å². The molecule has 0 saturated carbocycles. The quantitative estimate of drug-likeness (QED) is 0.794. The molecule has 1 aliphatic carbocycles. The van der Waals surface area contributed by atoms with Crippen LogP contribution in [-0.2, 0) is 6.42 Å². The van der Waals surface area contributed by atoms with Gasteiger partial charge in [-0.2, -0.15) is 0 Å². The SMILES string of the molecule is C#CCNC1CCc2cc(OC(=O)NC)ccc21. The number of hydrogen-bond acceptors (Lipinski definition) is 3. The van der Waals surface area contributed by atoms with Crippen molar-refractivity contribution in [3.63, 3.8) is 0 Å². The standard InChI is InChI=1S/C14H16N2O2/c1-3-8-16-13-7-4-10-9-11(5-6-12(10)13)18-14(17)15-2/h1,5-6,9,13,16H,4,7-8H2,2H3,(H,15,17). The number of benzene rings is 1. The Balaban J connectivity index is 2.10. The highest BCUT2D eigenvalue weighted by molar-refractivity contribution is 5.70. The second-order valence-corrected chi connectivity index (χ2v) is 4.18. The molecule has 0 aliphatic heterocycles. The normalized spacial score (nSPS) is 16.8. The van der Waals surface area contributed by atoms with Crippen LogP contribution in [0.2, 0.25) is 0 Å². The first-order chi connectivity index (χ1) is 8.74. The van der Waals surface area contributed by atoms with Gasteiger partial charge in [0.25, 0.3) is 0 Å². The molecule has 0 spiro atoms. The zero-order valence-corrected chi connectivity index (χ0v) is 10.3. The maximum absolute atomic E-state index is 11.1. The average Bonchev–Trinajstić information content (AvgIpc) is 2.78. The maximum atomic E-state index is 11.1. The summed E-state index contributed by atoms with van der Waals surface area (Å²) in [4.78, 5) is 11.1. The minimum Gasteiger partial charge on any atom is -0.410 e. The number of carbonyl (C=O) groups is 1. The molecule has 0 bridgehead atoms. The Bertz CT molecular complexity index is 491. The van der Waals surface area contributed by atoms with E-state index in [0.29, 0.717) is 18.3 Å². The summed E-state index contributed by atoms with van der Waals surface area (Å²) in [5, 5.41) is 5.72. The van der Waals surface area contributed by atoms with Gasteiger partial charge < -0.3 is 10.1 Å². The second-order valence-electron chi connectivity index (χ2n) is 4.18. The van der Waals surface area contributed by atoms with Crippen molar-refractivity contribution in [1.82, 2.24) is 10.6 Å². The van der Waals surface area contributed by atoms with Gasteiger partial charge in [-0.3, -0.25) is 5.32 Å². The summed E-state index contributed by atoms with van der Waals surface area (Å²) in [5.74, 6) is 3.16. The number of nitrogens with one attached hydrogen (secondary N) is 2. The van der Waals surface area contributed by atoms with E-state index in [-0.39, 0.29) is 0 Å². The maximum Gasteiger partial charge on any atom is 0.412 e. The fraction of sp³-hybridized carbons (Fsp3) is 0.357. The number of carbonyl (C=O) groups excluding carboxylic acids is 1. The first kappa shape index (κ1) is 12.5. The van der Waals surface area contributed by atoms with Gasteiger partial charge in [-0.1, -0.05) is 12.0 Å². The molecule has 1 aromatic carbocycles. The largest absolute Gasteiger partial charge is 0.412 e. The molecule has 1 aliphatic rings. The van der Waals surface area contributed by atoms with Gasteiger partial charge in [0, 0.05) is 13.1 Å². The first-order valence-corrected chi connectivity index (χ1v) is 5.94. The molecule has 2 N–H and O–H groups in total. The van der Waals surface area contributed by atoms with E-state index >= 15 is 0 Å². The fourth-order valence-corrected chi connectivity index (χ4v) is 2.21. The Labute approximate surface area is 107 Å². The van der Waals surface area contributed by atoms with E-state index < -0.39 is 6.09 Å². The first-order valence-electron chi connectivity index (χ1n) is 5.94. The van der Waals surface area contributed by atoms with Crippen LogP contribution in [0.1, 0.15) is 23.6 Å². The van der Waals surface area contributed by atoms with Gasteiger partial charge in [-0.05, 0) is 36.1 Å². The van der Waals surface area contributed by atoms with E-state index in [1.165, 1.54) is 18.2 Å². The average molecular weight is 244 g/mol. The van der Waals surface area contributed by atoms with Crippen molar-refractivity contribution >= 4 is 6.09 Å². The number of rotatable bonds is 3. The van der Waals surface area contributed by atoms with Crippen molar-refractivity contribution in [2.75, 3.05) is 13.6 Å². The van der Waals surface area contributed by atoms with E-state index in [0.717, 1.165) is 12.8 Å². The molecule has 1 amide bonds. The summed E-state index contributed by atoms with van der Waals surface area (Å²) in [6.45, 7) is 0.570. The highest BCUT2D eigenvalue weighted by atomic mass is 16.5. The van der Waals surface area contributed by atoms with Gasteiger partial charge in [0.15, 0.2) is 0 Å². The zero-order valence-electron chi connectivity index (χ0n) is 10.3. The Kier molecular flexibility index (Phi) is 3.85. The molecule has 0 fully saturated rings. The third kappa shape index (κ3) is 2.63. The number of hydrogen-bond donors (Lipinski definition) is 2. The van der Waals surface area contributed by atoms with Crippen LogP contribution in [0.25, 0.3) is 0 Å². The lowest BCUT2D eigenvalue weighted by atomic mass is 10.1. The van der Waals surface area contributed by atoms with Crippen LogP contribution in [0, 0.1) is 12.3 Å². The highest BCUT2D eigenvalue weighted by Gasteiger charge is 2.22. The third-order valence-electron chi connectivity index (χ3n) is 3.06. The van der Waals surface area contributed by atoms with E-state index in [1.54, 1.807) is 0 Å². The zero-order chi connectivity index (χ0) is 13.0. The Morgan fingerprint density at radius 2 is 2.44 bits per heavy atom. The lowest BCUT2D eigenvalue weighted by Gasteiger charge is -2.12.